The zero-order valence-corrected chi connectivity index (χ0v) is 13.7. The topological polar surface area (TPSA) is 40.6 Å². The van der Waals surface area contributed by atoms with E-state index in [-0.39, 0.29) is 11.1 Å². The summed E-state index contributed by atoms with van der Waals surface area (Å²) in [4.78, 5) is 28.3. The SMILES string of the molecule is CN(C)c1ccc(/C=C2\SC(=O)N(c3ccccc3)C2=O)cc1. The van der Waals surface area contributed by atoms with E-state index in [2.05, 4.69) is 0 Å². The van der Waals surface area contributed by atoms with Gasteiger partial charge in [-0.2, -0.15) is 0 Å². The van der Waals surface area contributed by atoms with Gasteiger partial charge in [0, 0.05) is 19.8 Å². The Labute approximate surface area is 139 Å². The number of anilines is 2. The summed E-state index contributed by atoms with van der Waals surface area (Å²) in [6.07, 6.45) is 1.76. The Balaban J connectivity index is 1.87. The van der Waals surface area contributed by atoms with Crippen molar-refractivity contribution in [2.45, 2.75) is 0 Å². The quantitative estimate of drug-likeness (QED) is 0.800. The van der Waals surface area contributed by atoms with Crippen LogP contribution in [0, 0.1) is 0 Å². The van der Waals surface area contributed by atoms with Gasteiger partial charge in [0.05, 0.1) is 10.6 Å². The molecule has 0 N–H and O–H groups in total. The third-order valence-corrected chi connectivity index (χ3v) is 4.38. The third-order valence-electron chi connectivity index (χ3n) is 3.52. The molecule has 0 unspecified atom stereocenters. The zero-order valence-electron chi connectivity index (χ0n) is 12.9. The van der Waals surface area contributed by atoms with Crippen LogP contribution in [0.1, 0.15) is 5.56 Å². The molecule has 1 saturated heterocycles. The van der Waals surface area contributed by atoms with Gasteiger partial charge in [0.15, 0.2) is 0 Å². The van der Waals surface area contributed by atoms with Crippen molar-refractivity contribution in [1.29, 1.82) is 0 Å². The maximum absolute atomic E-state index is 12.5. The van der Waals surface area contributed by atoms with Crippen LogP contribution in [0.4, 0.5) is 16.2 Å². The van der Waals surface area contributed by atoms with E-state index in [1.807, 2.05) is 61.5 Å². The van der Waals surface area contributed by atoms with Gasteiger partial charge in [-0.3, -0.25) is 9.59 Å². The molecule has 1 aliphatic heterocycles. The minimum atomic E-state index is -0.275. The molecule has 0 saturated carbocycles. The Morgan fingerprint density at radius 3 is 2.22 bits per heavy atom. The maximum atomic E-state index is 12.5. The monoisotopic (exact) mass is 324 g/mol. The lowest BCUT2D eigenvalue weighted by atomic mass is 10.2. The number of para-hydroxylation sites is 1. The number of imide groups is 1. The zero-order chi connectivity index (χ0) is 16.4. The third kappa shape index (κ3) is 3.14. The molecule has 1 aliphatic rings. The number of hydrogen-bond acceptors (Lipinski definition) is 4. The summed E-state index contributed by atoms with van der Waals surface area (Å²) in [5.74, 6) is -0.275. The van der Waals surface area contributed by atoms with Crippen molar-refractivity contribution < 1.29 is 9.59 Å². The summed E-state index contributed by atoms with van der Waals surface area (Å²) in [5.41, 5.74) is 2.58. The van der Waals surface area contributed by atoms with Crippen LogP contribution >= 0.6 is 11.8 Å². The van der Waals surface area contributed by atoms with E-state index >= 15 is 0 Å². The molecule has 116 valence electrons. The van der Waals surface area contributed by atoms with Gasteiger partial charge in [-0.15, -0.1) is 0 Å². The molecule has 2 aromatic carbocycles. The van der Waals surface area contributed by atoms with E-state index in [4.69, 9.17) is 0 Å². The van der Waals surface area contributed by atoms with E-state index in [1.165, 1.54) is 4.90 Å². The molecule has 0 spiro atoms. The van der Waals surface area contributed by atoms with Gasteiger partial charge < -0.3 is 4.90 Å². The molecule has 3 rings (SSSR count). The number of amides is 2. The van der Waals surface area contributed by atoms with Crippen LogP contribution in [0.25, 0.3) is 6.08 Å². The molecular weight excluding hydrogens is 308 g/mol. The second-order valence-corrected chi connectivity index (χ2v) is 6.33. The smallest absolute Gasteiger partial charge is 0.298 e. The van der Waals surface area contributed by atoms with E-state index in [0.29, 0.717) is 10.6 Å². The van der Waals surface area contributed by atoms with Crippen LogP contribution in [-0.2, 0) is 4.79 Å². The highest BCUT2D eigenvalue weighted by atomic mass is 32.2. The average molecular weight is 324 g/mol. The Hall–Kier alpha value is -2.53. The second-order valence-electron chi connectivity index (χ2n) is 5.34. The van der Waals surface area contributed by atoms with Gasteiger partial charge >= 0.3 is 0 Å². The van der Waals surface area contributed by atoms with E-state index < -0.39 is 0 Å². The van der Waals surface area contributed by atoms with Crippen molar-refractivity contribution in [3.63, 3.8) is 0 Å². The molecule has 0 aromatic heterocycles. The Morgan fingerprint density at radius 1 is 0.957 bits per heavy atom. The van der Waals surface area contributed by atoms with Gasteiger partial charge in [-0.05, 0) is 47.7 Å². The van der Waals surface area contributed by atoms with E-state index in [0.717, 1.165) is 23.0 Å². The number of rotatable bonds is 3. The standard InChI is InChI=1S/C18H16N2O2S/c1-19(2)14-10-8-13(9-11-14)12-16-17(21)20(18(22)23-16)15-6-4-3-5-7-15/h3-12H,1-2H3/b16-12-. The fraction of sp³-hybridized carbons (Fsp3) is 0.111. The van der Waals surface area contributed by atoms with Crippen LogP contribution in [0.5, 0.6) is 0 Å². The van der Waals surface area contributed by atoms with Crippen molar-refractivity contribution in [2.75, 3.05) is 23.9 Å². The number of carbonyl (C=O) groups is 2. The van der Waals surface area contributed by atoms with Crippen molar-refractivity contribution in [3.8, 4) is 0 Å². The molecule has 0 bridgehead atoms. The number of nitrogens with zero attached hydrogens (tertiary/aromatic N) is 2. The molecule has 4 nitrogen and oxygen atoms in total. The largest absolute Gasteiger partial charge is 0.378 e. The second kappa shape index (κ2) is 6.30. The minimum absolute atomic E-state index is 0.266. The Morgan fingerprint density at radius 2 is 1.61 bits per heavy atom. The molecule has 1 heterocycles. The van der Waals surface area contributed by atoms with Crippen LogP contribution in [-0.4, -0.2) is 25.2 Å². The minimum Gasteiger partial charge on any atom is -0.378 e. The lowest BCUT2D eigenvalue weighted by molar-refractivity contribution is -0.113. The lowest BCUT2D eigenvalue weighted by Gasteiger charge is -2.12. The highest BCUT2D eigenvalue weighted by molar-refractivity contribution is 8.19. The summed E-state index contributed by atoms with van der Waals surface area (Å²) in [6.45, 7) is 0. The predicted octanol–water partition coefficient (Wildman–Crippen LogP) is 3.99. The van der Waals surface area contributed by atoms with Crippen molar-refractivity contribution >= 4 is 40.4 Å². The van der Waals surface area contributed by atoms with Gasteiger partial charge in [0.25, 0.3) is 11.1 Å². The molecule has 2 aromatic rings. The van der Waals surface area contributed by atoms with Crippen molar-refractivity contribution in [3.05, 3.63) is 65.1 Å². The molecule has 0 atom stereocenters. The fourth-order valence-corrected chi connectivity index (χ4v) is 3.13. The van der Waals surface area contributed by atoms with Crippen LogP contribution in [0.2, 0.25) is 0 Å². The normalized spacial score (nSPS) is 16.3. The molecule has 23 heavy (non-hydrogen) atoms. The Kier molecular flexibility index (Phi) is 4.21. The fourth-order valence-electron chi connectivity index (χ4n) is 2.29. The van der Waals surface area contributed by atoms with Gasteiger partial charge in [-0.25, -0.2) is 4.90 Å². The lowest BCUT2D eigenvalue weighted by Crippen LogP contribution is -2.27. The first-order valence-corrected chi connectivity index (χ1v) is 7.98. The molecule has 1 fully saturated rings. The average Bonchev–Trinajstić information content (AvgIpc) is 2.82. The number of carbonyl (C=O) groups excluding carboxylic acids is 2. The maximum Gasteiger partial charge on any atom is 0.298 e. The number of hydrogen-bond donors (Lipinski definition) is 0. The van der Waals surface area contributed by atoms with Crippen LogP contribution < -0.4 is 9.80 Å². The Bertz CT molecular complexity index is 767. The summed E-state index contributed by atoms with van der Waals surface area (Å²) < 4.78 is 0. The number of benzene rings is 2. The summed E-state index contributed by atoms with van der Waals surface area (Å²) in [6, 6.07) is 16.8. The predicted molar refractivity (Wildman–Crippen MR) is 95.7 cm³/mol. The van der Waals surface area contributed by atoms with Crippen molar-refractivity contribution in [2.24, 2.45) is 0 Å². The van der Waals surface area contributed by atoms with Gasteiger partial charge in [0.1, 0.15) is 0 Å². The number of thioether (sulfide) groups is 1. The molecule has 2 amide bonds. The van der Waals surface area contributed by atoms with Gasteiger partial charge in [-0.1, -0.05) is 30.3 Å². The van der Waals surface area contributed by atoms with Crippen LogP contribution in [0.15, 0.2) is 59.5 Å². The molecule has 0 radical (unpaired) electrons. The highest BCUT2D eigenvalue weighted by Crippen LogP contribution is 2.35. The van der Waals surface area contributed by atoms with Gasteiger partial charge in [0.2, 0.25) is 0 Å². The molecule has 5 heteroatoms. The van der Waals surface area contributed by atoms with E-state index in [1.54, 1.807) is 18.2 Å². The first kappa shape index (κ1) is 15.4. The molecule has 0 aliphatic carbocycles. The summed E-state index contributed by atoms with van der Waals surface area (Å²) in [7, 11) is 3.94. The first-order valence-electron chi connectivity index (χ1n) is 7.16. The van der Waals surface area contributed by atoms with E-state index in [9.17, 15) is 9.59 Å². The molecular formula is C18H16N2O2S. The summed E-state index contributed by atoms with van der Waals surface area (Å²) >= 11 is 0.970. The van der Waals surface area contributed by atoms with Crippen molar-refractivity contribution in [1.82, 2.24) is 0 Å². The van der Waals surface area contributed by atoms with Crippen LogP contribution in [0.3, 0.4) is 0 Å². The first-order chi connectivity index (χ1) is 11.1. The highest BCUT2D eigenvalue weighted by Gasteiger charge is 2.36. The summed E-state index contributed by atoms with van der Waals surface area (Å²) in [5, 5.41) is -0.266.